The summed E-state index contributed by atoms with van der Waals surface area (Å²) < 4.78 is 10.2. The Bertz CT molecular complexity index is 438. The molecule has 0 saturated carbocycles. The second-order valence-electron chi connectivity index (χ2n) is 5.23. The lowest BCUT2D eigenvalue weighted by Crippen LogP contribution is -2.40. The van der Waals surface area contributed by atoms with Crippen molar-refractivity contribution < 1.29 is 9.47 Å². The maximum atomic E-state index is 5.83. The molecule has 0 aromatic heterocycles. The molecule has 1 aromatic rings. The van der Waals surface area contributed by atoms with E-state index in [2.05, 4.69) is 29.4 Å². The van der Waals surface area contributed by atoms with Crippen LogP contribution in [0.2, 0.25) is 0 Å². The van der Waals surface area contributed by atoms with Gasteiger partial charge in [0.2, 0.25) is 0 Å². The minimum absolute atomic E-state index is 0. The predicted molar refractivity (Wildman–Crippen MR) is 102 cm³/mol. The summed E-state index contributed by atoms with van der Waals surface area (Å²) in [6.07, 6.45) is 0.952. The maximum Gasteiger partial charge on any atom is 0.188 e. The van der Waals surface area contributed by atoms with Crippen molar-refractivity contribution in [1.82, 2.24) is 5.32 Å². The average molecular weight is 421 g/mol. The summed E-state index contributed by atoms with van der Waals surface area (Å²) in [6.45, 7) is 5.50. The fourth-order valence-corrected chi connectivity index (χ4v) is 2.07. The Morgan fingerprint density at radius 2 is 1.86 bits per heavy atom. The molecular formula is C16H28IN3O2. The topological polar surface area (TPSA) is 68.9 Å². The van der Waals surface area contributed by atoms with E-state index in [4.69, 9.17) is 15.2 Å². The summed E-state index contributed by atoms with van der Waals surface area (Å²) in [5.41, 5.74) is 7.12. The molecular weight excluding hydrogens is 393 g/mol. The van der Waals surface area contributed by atoms with Gasteiger partial charge in [-0.3, -0.25) is 4.99 Å². The van der Waals surface area contributed by atoms with Crippen molar-refractivity contribution >= 4 is 29.9 Å². The van der Waals surface area contributed by atoms with Gasteiger partial charge in [-0.05, 0) is 37.0 Å². The lowest BCUT2D eigenvalue weighted by Gasteiger charge is -2.14. The molecule has 0 aliphatic rings. The molecule has 2 unspecified atom stereocenters. The van der Waals surface area contributed by atoms with Gasteiger partial charge in [0.05, 0.1) is 13.7 Å². The number of nitrogens with two attached hydrogens (primary N) is 1. The lowest BCUT2D eigenvalue weighted by molar-refractivity contribution is 0.179. The number of aliphatic imine (C=N–C) groups is 1. The van der Waals surface area contributed by atoms with Crippen LogP contribution in [-0.4, -0.2) is 39.4 Å². The van der Waals surface area contributed by atoms with Crippen LogP contribution in [0, 0.1) is 0 Å². The predicted octanol–water partition coefficient (Wildman–Crippen LogP) is 2.75. The molecule has 6 heteroatoms. The first-order chi connectivity index (χ1) is 10.1. The molecule has 2 atom stereocenters. The van der Waals surface area contributed by atoms with E-state index in [9.17, 15) is 0 Å². The fraction of sp³-hybridized carbons (Fsp3) is 0.562. The smallest absolute Gasteiger partial charge is 0.188 e. The van der Waals surface area contributed by atoms with Gasteiger partial charge < -0.3 is 20.5 Å². The van der Waals surface area contributed by atoms with Gasteiger partial charge in [-0.15, -0.1) is 24.0 Å². The number of hydrogen-bond donors (Lipinski definition) is 2. The Hall–Kier alpha value is -1.02. The molecule has 0 fully saturated rings. The van der Waals surface area contributed by atoms with Crippen molar-refractivity contribution in [3.8, 4) is 5.75 Å². The third-order valence-corrected chi connectivity index (χ3v) is 3.34. The van der Waals surface area contributed by atoms with Crippen LogP contribution in [-0.2, 0) is 4.74 Å². The van der Waals surface area contributed by atoms with E-state index in [0.717, 1.165) is 12.2 Å². The standard InChI is InChI=1S/C16H27N3O2.HI/c1-12(14-5-7-15(21-4)8-6-14)9-10-18-16(17)19-13(2)11-20-3;/h5-8,12-13H,9-11H2,1-4H3,(H3,17,18,19);1H. The molecule has 1 rings (SSSR count). The van der Waals surface area contributed by atoms with E-state index in [1.165, 1.54) is 5.56 Å². The molecule has 0 radical (unpaired) electrons. The second kappa shape index (κ2) is 11.5. The maximum absolute atomic E-state index is 5.83. The molecule has 0 heterocycles. The molecule has 0 amide bonds. The Morgan fingerprint density at radius 1 is 1.23 bits per heavy atom. The Labute approximate surface area is 150 Å². The molecule has 22 heavy (non-hydrogen) atoms. The number of guanidine groups is 1. The normalized spacial score (nSPS) is 13.9. The monoisotopic (exact) mass is 421 g/mol. The van der Waals surface area contributed by atoms with Crippen molar-refractivity contribution in [3.05, 3.63) is 29.8 Å². The molecule has 0 saturated heterocycles. The summed E-state index contributed by atoms with van der Waals surface area (Å²) in [5.74, 6) is 1.79. The average Bonchev–Trinajstić information content (AvgIpc) is 2.47. The molecule has 0 aliphatic heterocycles. The quantitative estimate of drug-likeness (QED) is 0.385. The zero-order valence-corrected chi connectivity index (χ0v) is 16.2. The largest absolute Gasteiger partial charge is 0.497 e. The zero-order chi connectivity index (χ0) is 15.7. The summed E-state index contributed by atoms with van der Waals surface area (Å²) in [4.78, 5) is 4.35. The van der Waals surface area contributed by atoms with E-state index in [1.54, 1.807) is 14.2 Å². The summed E-state index contributed by atoms with van der Waals surface area (Å²) >= 11 is 0. The zero-order valence-electron chi connectivity index (χ0n) is 13.8. The minimum Gasteiger partial charge on any atom is -0.497 e. The van der Waals surface area contributed by atoms with Crippen LogP contribution in [0.4, 0.5) is 0 Å². The first-order valence-electron chi connectivity index (χ1n) is 7.26. The summed E-state index contributed by atoms with van der Waals surface area (Å²) in [5, 5.41) is 3.10. The Balaban J connectivity index is 0.00000441. The van der Waals surface area contributed by atoms with Crippen LogP contribution in [0.3, 0.4) is 0 Å². The number of nitrogens with one attached hydrogen (secondary N) is 1. The number of ether oxygens (including phenoxy) is 2. The van der Waals surface area contributed by atoms with Gasteiger partial charge in [0.15, 0.2) is 5.96 Å². The van der Waals surface area contributed by atoms with Crippen molar-refractivity contribution in [2.75, 3.05) is 27.4 Å². The molecule has 0 aliphatic carbocycles. The fourth-order valence-electron chi connectivity index (χ4n) is 2.07. The van der Waals surface area contributed by atoms with Crippen LogP contribution < -0.4 is 15.8 Å². The third kappa shape index (κ3) is 7.84. The first-order valence-corrected chi connectivity index (χ1v) is 7.26. The highest BCUT2D eigenvalue weighted by Crippen LogP contribution is 2.21. The minimum atomic E-state index is 0. The molecule has 1 aromatic carbocycles. The molecule has 0 spiro atoms. The Kier molecular flexibility index (Phi) is 11.0. The van der Waals surface area contributed by atoms with Crippen LogP contribution in [0.25, 0.3) is 0 Å². The Morgan fingerprint density at radius 3 is 2.41 bits per heavy atom. The molecule has 0 bridgehead atoms. The number of nitrogens with zero attached hydrogens (tertiary/aromatic N) is 1. The van der Waals surface area contributed by atoms with Crippen LogP contribution in [0.1, 0.15) is 31.7 Å². The third-order valence-electron chi connectivity index (χ3n) is 3.34. The summed E-state index contributed by atoms with van der Waals surface area (Å²) in [7, 11) is 3.34. The van der Waals surface area contributed by atoms with Crippen molar-refractivity contribution in [3.63, 3.8) is 0 Å². The van der Waals surface area contributed by atoms with Crippen molar-refractivity contribution in [2.24, 2.45) is 10.7 Å². The van der Waals surface area contributed by atoms with E-state index in [0.29, 0.717) is 25.0 Å². The van der Waals surface area contributed by atoms with E-state index < -0.39 is 0 Å². The van der Waals surface area contributed by atoms with Gasteiger partial charge >= 0.3 is 0 Å². The summed E-state index contributed by atoms with van der Waals surface area (Å²) in [6, 6.07) is 8.32. The first kappa shape index (κ1) is 21.0. The van der Waals surface area contributed by atoms with Crippen molar-refractivity contribution in [1.29, 1.82) is 0 Å². The highest BCUT2D eigenvalue weighted by molar-refractivity contribution is 14.0. The van der Waals surface area contributed by atoms with Gasteiger partial charge in [0, 0.05) is 19.7 Å². The lowest BCUT2D eigenvalue weighted by atomic mass is 9.98. The van der Waals surface area contributed by atoms with E-state index in [-0.39, 0.29) is 30.0 Å². The molecule has 3 N–H and O–H groups in total. The van der Waals surface area contributed by atoms with Crippen LogP contribution in [0.5, 0.6) is 5.75 Å². The highest BCUT2D eigenvalue weighted by Gasteiger charge is 2.06. The van der Waals surface area contributed by atoms with Gasteiger partial charge in [-0.25, -0.2) is 0 Å². The SMILES string of the molecule is COCC(C)NC(N)=NCCC(C)c1ccc(OC)cc1.I. The van der Waals surface area contributed by atoms with Crippen LogP contribution >= 0.6 is 24.0 Å². The van der Waals surface area contributed by atoms with Crippen molar-refractivity contribution in [2.45, 2.75) is 32.2 Å². The molecule has 126 valence electrons. The molecule has 5 nitrogen and oxygen atoms in total. The van der Waals surface area contributed by atoms with E-state index >= 15 is 0 Å². The number of benzene rings is 1. The number of hydrogen-bond acceptors (Lipinski definition) is 3. The van der Waals surface area contributed by atoms with Gasteiger partial charge in [0.25, 0.3) is 0 Å². The highest BCUT2D eigenvalue weighted by atomic mass is 127. The van der Waals surface area contributed by atoms with E-state index in [1.807, 2.05) is 19.1 Å². The number of halogens is 1. The van der Waals surface area contributed by atoms with Gasteiger partial charge in [0.1, 0.15) is 5.75 Å². The number of rotatable bonds is 8. The second-order valence-corrected chi connectivity index (χ2v) is 5.23. The van der Waals surface area contributed by atoms with Crippen LogP contribution in [0.15, 0.2) is 29.3 Å². The van der Waals surface area contributed by atoms with Gasteiger partial charge in [-0.1, -0.05) is 19.1 Å². The van der Waals surface area contributed by atoms with Gasteiger partial charge in [-0.2, -0.15) is 0 Å². The number of methoxy groups -OCH3 is 2.